The Morgan fingerprint density at radius 2 is 2.04 bits per heavy atom. The smallest absolute Gasteiger partial charge is 0.193 e. The van der Waals surface area contributed by atoms with E-state index in [1.807, 2.05) is 23.1 Å². The summed E-state index contributed by atoms with van der Waals surface area (Å²) in [6.45, 7) is 4.88. The van der Waals surface area contributed by atoms with Gasteiger partial charge in [0.05, 0.1) is 24.7 Å². The number of ether oxygens (including phenoxy) is 2. The monoisotopic (exact) mass is 369 g/mol. The maximum absolute atomic E-state index is 12.2. The summed E-state index contributed by atoms with van der Waals surface area (Å²) in [6, 6.07) is 5.64. The molecule has 0 aliphatic carbocycles. The number of sulfone groups is 1. The fourth-order valence-corrected chi connectivity index (χ4v) is 4.19. The molecule has 1 heterocycles. The average Bonchev–Trinajstić information content (AvgIpc) is 2.58. The summed E-state index contributed by atoms with van der Waals surface area (Å²) in [4.78, 5) is 6.28. The van der Waals surface area contributed by atoms with Crippen LogP contribution in [0.5, 0.6) is 11.5 Å². The largest absolute Gasteiger partial charge is 0.497 e. The maximum atomic E-state index is 12.2. The topological polar surface area (TPSA) is 80.2 Å². The Labute approximate surface area is 149 Å². The van der Waals surface area contributed by atoms with Gasteiger partial charge in [0.2, 0.25) is 0 Å². The van der Waals surface area contributed by atoms with Crippen LogP contribution in [0.15, 0.2) is 23.2 Å². The van der Waals surface area contributed by atoms with Crippen LogP contribution in [0.2, 0.25) is 0 Å². The molecule has 0 amide bonds. The molecule has 0 saturated carbocycles. The van der Waals surface area contributed by atoms with Gasteiger partial charge >= 0.3 is 0 Å². The first-order valence-corrected chi connectivity index (χ1v) is 9.78. The molecule has 0 aromatic heterocycles. The normalized spacial score (nSPS) is 19.4. The van der Waals surface area contributed by atoms with E-state index in [9.17, 15) is 8.42 Å². The lowest BCUT2D eigenvalue weighted by Crippen LogP contribution is -2.57. The molecule has 1 aromatic carbocycles. The Balaban J connectivity index is 2.09. The molecule has 0 spiro atoms. The molecule has 8 heteroatoms. The average molecular weight is 369 g/mol. The zero-order chi connectivity index (χ0) is 18.7. The van der Waals surface area contributed by atoms with Gasteiger partial charge in [0.25, 0.3) is 0 Å². The number of methoxy groups -OCH3 is 2. The maximum Gasteiger partial charge on any atom is 0.193 e. The molecule has 7 nitrogen and oxygen atoms in total. The Morgan fingerprint density at radius 3 is 2.60 bits per heavy atom. The van der Waals surface area contributed by atoms with Crippen LogP contribution < -0.4 is 14.8 Å². The van der Waals surface area contributed by atoms with Crippen molar-refractivity contribution in [2.24, 2.45) is 4.99 Å². The minimum absolute atomic E-state index is 0.132. The zero-order valence-corrected chi connectivity index (χ0v) is 16.3. The molecule has 1 aliphatic heterocycles. The molecule has 1 aliphatic rings. The van der Waals surface area contributed by atoms with E-state index < -0.39 is 14.6 Å². The van der Waals surface area contributed by atoms with Gasteiger partial charge in [0.1, 0.15) is 11.5 Å². The van der Waals surface area contributed by atoms with Crippen molar-refractivity contribution in [2.75, 3.05) is 40.1 Å². The number of hydrogen-bond acceptors (Lipinski definition) is 5. The van der Waals surface area contributed by atoms with E-state index in [4.69, 9.17) is 9.47 Å². The second kappa shape index (κ2) is 7.51. The standard InChI is InChI=1S/C17H27N3O4S/c1-17(2)12-20(8-9-25(17,21)22)16(18-3)19-11-13-6-7-14(23-4)10-15(13)24-5/h6-7,10H,8-9,11-12H2,1-5H3,(H,18,19). The zero-order valence-electron chi connectivity index (χ0n) is 15.5. The highest BCUT2D eigenvalue weighted by atomic mass is 32.2. The summed E-state index contributed by atoms with van der Waals surface area (Å²) in [6.07, 6.45) is 0. The summed E-state index contributed by atoms with van der Waals surface area (Å²) in [5, 5.41) is 3.29. The minimum atomic E-state index is -3.08. The molecule has 1 fully saturated rings. The number of nitrogens with one attached hydrogen (secondary N) is 1. The van der Waals surface area contributed by atoms with Crippen LogP contribution in [0, 0.1) is 0 Å². The SMILES string of the molecule is CN=C(NCc1ccc(OC)cc1OC)N1CCS(=O)(=O)C(C)(C)C1. The van der Waals surface area contributed by atoms with Crippen molar-refractivity contribution in [1.29, 1.82) is 0 Å². The molecule has 0 radical (unpaired) electrons. The Morgan fingerprint density at radius 1 is 1.32 bits per heavy atom. The first-order chi connectivity index (χ1) is 11.7. The first-order valence-electron chi connectivity index (χ1n) is 8.13. The van der Waals surface area contributed by atoms with E-state index in [2.05, 4.69) is 10.3 Å². The van der Waals surface area contributed by atoms with Crippen molar-refractivity contribution in [3.05, 3.63) is 23.8 Å². The molecule has 0 unspecified atom stereocenters. The van der Waals surface area contributed by atoms with E-state index in [-0.39, 0.29) is 5.75 Å². The molecule has 1 N–H and O–H groups in total. The van der Waals surface area contributed by atoms with Crippen LogP contribution in [0.4, 0.5) is 0 Å². The van der Waals surface area contributed by atoms with Gasteiger partial charge in [-0.2, -0.15) is 0 Å². The molecule has 140 valence electrons. The highest BCUT2D eigenvalue weighted by Gasteiger charge is 2.40. The lowest BCUT2D eigenvalue weighted by atomic mass is 10.2. The lowest BCUT2D eigenvalue weighted by molar-refractivity contribution is 0.352. The quantitative estimate of drug-likeness (QED) is 0.636. The molecule has 1 saturated heterocycles. The van der Waals surface area contributed by atoms with Crippen molar-refractivity contribution in [1.82, 2.24) is 10.2 Å². The summed E-state index contributed by atoms with van der Waals surface area (Å²) in [7, 11) is 1.85. The fraction of sp³-hybridized carbons (Fsp3) is 0.588. The van der Waals surface area contributed by atoms with Crippen molar-refractivity contribution >= 4 is 15.8 Å². The van der Waals surface area contributed by atoms with Crippen molar-refractivity contribution < 1.29 is 17.9 Å². The Kier molecular flexibility index (Phi) is 5.82. The van der Waals surface area contributed by atoms with Crippen molar-refractivity contribution in [3.8, 4) is 11.5 Å². The lowest BCUT2D eigenvalue weighted by Gasteiger charge is -2.39. The number of hydrogen-bond donors (Lipinski definition) is 1. The Hall–Kier alpha value is -1.96. The number of benzene rings is 1. The second-order valence-corrected chi connectivity index (χ2v) is 9.32. The van der Waals surface area contributed by atoms with Gasteiger partial charge in [-0.05, 0) is 26.0 Å². The molecule has 2 rings (SSSR count). The van der Waals surface area contributed by atoms with Crippen molar-refractivity contribution in [3.63, 3.8) is 0 Å². The van der Waals surface area contributed by atoms with Crippen LogP contribution in [0.3, 0.4) is 0 Å². The number of guanidine groups is 1. The third-order valence-corrected chi connectivity index (χ3v) is 7.02. The summed E-state index contributed by atoms with van der Waals surface area (Å²) in [5.41, 5.74) is 0.966. The predicted octanol–water partition coefficient (Wildman–Crippen LogP) is 1.29. The third-order valence-electron chi connectivity index (χ3n) is 4.49. The van der Waals surface area contributed by atoms with Gasteiger partial charge in [-0.25, -0.2) is 8.42 Å². The van der Waals surface area contributed by atoms with Gasteiger partial charge in [0, 0.05) is 38.3 Å². The van der Waals surface area contributed by atoms with E-state index in [1.165, 1.54) is 0 Å². The molecular weight excluding hydrogens is 342 g/mol. The molecule has 25 heavy (non-hydrogen) atoms. The summed E-state index contributed by atoms with van der Waals surface area (Å²) >= 11 is 0. The van der Waals surface area contributed by atoms with E-state index in [0.29, 0.717) is 25.6 Å². The second-order valence-electron chi connectivity index (χ2n) is 6.58. The molecule has 1 aromatic rings. The molecule has 0 atom stereocenters. The first kappa shape index (κ1) is 19.4. The number of rotatable bonds is 4. The van der Waals surface area contributed by atoms with E-state index in [0.717, 1.165) is 17.1 Å². The van der Waals surface area contributed by atoms with Crippen LogP contribution in [-0.2, 0) is 16.4 Å². The van der Waals surface area contributed by atoms with Gasteiger partial charge in [0.15, 0.2) is 15.8 Å². The van der Waals surface area contributed by atoms with Gasteiger partial charge in [-0.1, -0.05) is 0 Å². The van der Waals surface area contributed by atoms with Crippen LogP contribution in [0.1, 0.15) is 19.4 Å². The molecular formula is C17H27N3O4S. The number of aliphatic imine (C=N–C) groups is 1. The van der Waals surface area contributed by atoms with Gasteiger partial charge < -0.3 is 19.7 Å². The van der Waals surface area contributed by atoms with Gasteiger partial charge in [-0.15, -0.1) is 0 Å². The van der Waals surface area contributed by atoms with Crippen molar-refractivity contribution in [2.45, 2.75) is 25.1 Å². The summed E-state index contributed by atoms with van der Waals surface area (Å²) < 4.78 is 34.2. The van der Waals surface area contributed by atoms with E-state index in [1.54, 1.807) is 35.1 Å². The Bertz CT molecular complexity index is 744. The molecule has 0 bridgehead atoms. The number of nitrogens with zero attached hydrogens (tertiary/aromatic N) is 2. The predicted molar refractivity (Wildman–Crippen MR) is 99.2 cm³/mol. The van der Waals surface area contributed by atoms with Crippen LogP contribution in [0.25, 0.3) is 0 Å². The van der Waals surface area contributed by atoms with Crippen LogP contribution in [-0.4, -0.2) is 64.1 Å². The highest BCUT2D eigenvalue weighted by molar-refractivity contribution is 7.92. The highest BCUT2D eigenvalue weighted by Crippen LogP contribution is 2.25. The van der Waals surface area contributed by atoms with Gasteiger partial charge in [-0.3, -0.25) is 4.99 Å². The van der Waals surface area contributed by atoms with Crippen LogP contribution >= 0.6 is 0 Å². The fourth-order valence-electron chi connectivity index (χ4n) is 2.83. The third kappa shape index (κ3) is 4.18. The minimum Gasteiger partial charge on any atom is -0.497 e. The van der Waals surface area contributed by atoms with E-state index >= 15 is 0 Å². The summed E-state index contributed by atoms with van der Waals surface area (Å²) in [5.74, 6) is 2.27.